The van der Waals surface area contributed by atoms with Gasteiger partial charge in [-0.2, -0.15) is 8.42 Å². The van der Waals surface area contributed by atoms with Crippen molar-refractivity contribution >= 4 is 16.4 Å². The number of methoxy groups -OCH3 is 1. The van der Waals surface area contributed by atoms with Gasteiger partial charge in [0.2, 0.25) is 0 Å². The number of esters is 1. The lowest BCUT2D eigenvalue weighted by molar-refractivity contribution is -0.403. The summed E-state index contributed by atoms with van der Waals surface area (Å²) in [6, 6.07) is 0. The van der Waals surface area contributed by atoms with E-state index in [0.29, 0.717) is 25.7 Å². The molecule has 0 aromatic heterocycles. The van der Waals surface area contributed by atoms with E-state index in [0.717, 1.165) is 31.3 Å². The highest BCUT2D eigenvalue weighted by atomic mass is 32.3. The van der Waals surface area contributed by atoms with Crippen molar-refractivity contribution in [1.82, 2.24) is 0 Å². The van der Waals surface area contributed by atoms with Gasteiger partial charge < -0.3 is 118 Å². The first-order chi connectivity index (χ1) is 42.5. The summed E-state index contributed by atoms with van der Waals surface area (Å²) in [6.07, 6.45) is -32.2. The summed E-state index contributed by atoms with van der Waals surface area (Å²) in [4.78, 5) is 12.5. The van der Waals surface area contributed by atoms with Gasteiger partial charge in [0.05, 0.1) is 38.6 Å². The van der Waals surface area contributed by atoms with Crippen molar-refractivity contribution in [2.45, 2.75) is 280 Å². The van der Waals surface area contributed by atoms with Crippen LogP contribution in [0.2, 0.25) is 0 Å². The van der Waals surface area contributed by atoms with Crippen LogP contribution in [0.25, 0.3) is 0 Å². The lowest BCUT2D eigenvalue weighted by Crippen LogP contribution is -2.68. The van der Waals surface area contributed by atoms with Crippen molar-refractivity contribution in [3.05, 3.63) is 23.3 Å². The van der Waals surface area contributed by atoms with Crippen molar-refractivity contribution < 1.29 is 140 Å². The van der Waals surface area contributed by atoms with Crippen LogP contribution in [0.4, 0.5) is 0 Å². The van der Waals surface area contributed by atoms with Gasteiger partial charge in [-0.05, 0) is 112 Å². The Hall–Kier alpha value is -2.10. The second-order valence-corrected chi connectivity index (χ2v) is 29.5. The molecule has 9 aliphatic rings. The minimum absolute atomic E-state index is 0.00544. The molecule has 8 fully saturated rings. The van der Waals surface area contributed by atoms with Crippen molar-refractivity contribution in [1.29, 1.82) is 0 Å². The number of hydrogen-bond donors (Lipinski definition) is 13. The van der Waals surface area contributed by atoms with Crippen LogP contribution in [0.5, 0.6) is 0 Å². The van der Waals surface area contributed by atoms with Crippen LogP contribution in [0, 0.1) is 39.4 Å². The van der Waals surface area contributed by atoms with Crippen LogP contribution < -0.4 is 0 Å². The standard InChI is InChI=1S/C61H100O29S/c1-26(2)12-15-38(82-28(4)64)61(10,74)36-17-21-59(8)30-13-14-35-57(5,6)37(18-19-58(35,7)29(30)16-20-60(36,59)9)85-55-50(42(69)34(25-80-55)90-91(75,76)77)89-56-51(88-52-43(70)39(66)31(65)24-79-52)44(71)47(27(3)81-56)86-54-46(73)49(41(68)33(23-63)84-54)87-53-45(72)48(78-11)40(67)32(22-62)83-53/h12,16,27,30-56,62-63,65-74H,13-15,17-25H2,1-11H3,(H,75,76,77). The van der Waals surface area contributed by atoms with E-state index in [9.17, 15) is 79.0 Å². The molecule has 5 heterocycles. The molecular formula is C61H100O29S. The molecule has 13 N–H and O–H groups in total. The fourth-order valence-electron chi connectivity index (χ4n) is 17.2. The van der Waals surface area contributed by atoms with E-state index in [4.69, 9.17) is 61.0 Å². The summed E-state index contributed by atoms with van der Waals surface area (Å²) in [5, 5.41) is 135. The first kappa shape index (κ1) is 73.2. The molecule has 29 nitrogen and oxygen atoms in total. The number of carbonyl (C=O) groups excluding carboxylic acids is 1. The van der Waals surface area contributed by atoms with Crippen LogP contribution >= 0.6 is 0 Å². The van der Waals surface area contributed by atoms with E-state index in [1.165, 1.54) is 26.5 Å². The van der Waals surface area contributed by atoms with Gasteiger partial charge in [-0.25, -0.2) is 4.18 Å². The number of aliphatic hydroxyl groups excluding tert-OH is 11. The van der Waals surface area contributed by atoms with Gasteiger partial charge in [0.25, 0.3) is 0 Å². The Kier molecular flexibility index (Phi) is 22.5. The summed E-state index contributed by atoms with van der Waals surface area (Å²) in [6.45, 7) is 16.7. The molecule has 524 valence electrons. The zero-order valence-electron chi connectivity index (χ0n) is 53.6. The molecule has 91 heavy (non-hydrogen) atoms. The zero-order chi connectivity index (χ0) is 67.0. The number of carbonyl (C=O) groups is 1. The predicted octanol–water partition coefficient (Wildman–Crippen LogP) is -1.10. The maximum Gasteiger partial charge on any atom is 0.397 e. The van der Waals surface area contributed by atoms with E-state index in [1.54, 1.807) is 0 Å². The number of aliphatic hydroxyl groups is 12. The SMILES string of the molecule is COC1C(O)C(CO)OC(OC2C(O)C(CO)OC(OC3C(C)OC(OC4C(OC5CCC6(C)C7=CCC8(C)C(C(C)(O)C(CC=C(C)C)OC(C)=O)CCC8(C)C7CCC6C5(C)C)OCC(OS(=O)(=O)O)C4O)C(OC4OCC(O)C(O)C4O)C3O)C2O)C1O. The summed E-state index contributed by atoms with van der Waals surface area (Å²) in [7, 11) is -4.09. The van der Waals surface area contributed by atoms with Gasteiger partial charge in [0, 0.05) is 20.5 Å². The quantitative estimate of drug-likeness (QED) is 0.0298. The smallest absolute Gasteiger partial charge is 0.397 e. The molecule has 0 bridgehead atoms. The van der Waals surface area contributed by atoms with Gasteiger partial charge in [0.1, 0.15) is 115 Å². The minimum Gasteiger partial charge on any atom is -0.459 e. The van der Waals surface area contributed by atoms with E-state index in [1.807, 2.05) is 26.8 Å². The number of fused-ring (bicyclic) bond motifs is 5. The second kappa shape index (κ2) is 28.0. The van der Waals surface area contributed by atoms with Gasteiger partial charge in [0.15, 0.2) is 31.5 Å². The third kappa shape index (κ3) is 13.9. The number of ether oxygens (including phenoxy) is 12. The first-order valence-corrected chi connectivity index (χ1v) is 33.1. The summed E-state index contributed by atoms with van der Waals surface area (Å²) in [5.74, 6) is -0.473. The Morgan fingerprint density at radius 1 is 0.670 bits per heavy atom. The van der Waals surface area contributed by atoms with Gasteiger partial charge >= 0.3 is 16.4 Å². The van der Waals surface area contributed by atoms with Crippen molar-refractivity contribution in [3.8, 4) is 0 Å². The van der Waals surface area contributed by atoms with Crippen LogP contribution in [-0.2, 0) is 76.2 Å². The Balaban J connectivity index is 0.971. The van der Waals surface area contributed by atoms with E-state index in [2.05, 4.69) is 40.7 Å². The molecule has 4 aliphatic carbocycles. The third-order valence-electron chi connectivity index (χ3n) is 22.4. The normalized spacial score (nSPS) is 48.6. The summed E-state index contributed by atoms with van der Waals surface area (Å²) < 4.78 is 112. The van der Waals surface area contributed by atoms with Gasteiger partial charge in [-0.3, -0.25) is 9.35 Å². The number of allylic oxidation sites excluding steroid dienone is 3. The molecule has 0 amide bonds. The van der Waals surface area contributed by atoms with Crippen molar-refractivity contribution in [2.75, 3.05) is 33.5 Å². The Morgan fingerprint density at radius 3 is 1.86 bits per heavy atom. The largest absolute Gasteiger partial charge is 0.459 e. The van der Waals surface area contributed by atoms with E-state index in [-0.39, 0.29) is 34.0 Å². The average Bonchev–Trinajstić information content (AvgIpc) is 1.65. The highest BCUT2D eigenvalue weighted by Crippen LogP contribution is 2.74. The molecule has 30 heteroatoms. The fraction of sp³-hybridized carbons (Fsp3) is 0.918. The zero-order valence-corrected chi connectivity index (χ0v) is 54.4. The molecule has 9 rings (SSSR count). The van der Waals surface area contributed by atoms with Gasteiger partial charge in [-0.1, -0.05) is 57.9 Å². The molecule has 0 aromatic rings. The molecule has 32 unspecified atom stereocenters. The molecule has 5 saturated heterocycles. The monoisotopic (exact) mass is 1330 g/mol. The molecule has 0 radical (unpaired) electrons. The highest BCUT2D eigenvalue weighted by molar-refractivity contribution is 7.80. The average molecular weight is 1330 g/mol. The van der Waals surface area contributed by atoms with Crippen LogP contribution in [0.1, 0.15) is 121 Å². The molecule has 5 aliphatic heterocycles. The fourth-order valence-corrected chi connectivity index (χ4v) is 17.7. The number of rotatable bonds is 20. The second-order valence-electron chi connectivity index (χ2n) is 28.4. The third-order valence-corrected chi connectivity index (χ3v) is 22.9. The molecule has 0 spiro atoms. The molecular weight excluding hydrogens is 1230 g/mol. The summed E-state index contributed by atoms with van der Waals surface area (Å²) >= 11 is 0. The van der Waals surface area contributed by atoms with Gasteiger partial charge in [-0.15, -0.1) is 0 Å². The first-order valence-electron chi connectivity index (χ1n) is 31.7. The van der Waals surface area contributed by atoms with E-state index >= 15 is 0 Å². The summed E-state index contributed by atoms with van der Waals surface area (Å²) in [5.41, 5.74) is -0.496. The van der Waals surface area contributed by atoms with Crippen LogP contribution in [0.15, 0.2) is 23.3 Å². The minimum atomic E-state index is -5.26. The van der Waals surface area contributed by atoms with Crippen molar-refractivity contribution in [3.63, 3.8) is 0 Å². The van der Waals surface area contributed by atoms with Crippen LogP contribution in [0.3, 0.4) is 0 Å². The maximum absolute atomic E-state index is 12.6. The number of hydrogen-bond acceptors (Lipinski definition) is 28. The Bertz CT molecular complexity index is 2660. The van der Waals surface area contributed by atoms with E-state index < -0.39 is 207 Å². The molecule has 0 aromatic carbocycles. The molecule has 3 saturated carbocycles. The lowest BCUT2D eigenvalue weighted by atomic mass is 9.41. The maximum atomic E-state index is 12.6. The topological polar surface area (TPSA) is 434 Å². The van der Waals surface area contributed by atoms with Crippen LogP contribution in [-0.4, -0.2) is 273 Å². The van der Waals surface area contributed by atoms with Crippen molar-refractivity contribution in [2.24, 2.45) is 39.4 Å². The molecule has 32 atom stereocenters. The predicted molar refractivity (Wildman–Crippen MR) is 310 cm³/mol. The Labute approximate surface area is 530 Å². The highest BCUT2D eigenvalue weighted by Gasteiger charge is 2.69. The Morgan fingerprint density at radius 2 is 1.25 bits per heavy atom. The lowest BCUT2D eigenvalue weighted by Gasteiger charge is -2.65.